The fourth-order valence-electron chi connectivity index (χ4n) is 6.28. The molecule has 0 aliphatic carbocycles. The number of aromatic amines is 1. The number of H-pyrrole nitrogens is 1. The first kappa shape index (κ1) is 27.8. The SMILES string of the molecule is CNCc1cccc(-c2cc(CC(N)=O)c3[nH]cc(C4CCN(S(=O)(=O)CCCN5CCCC5)CC4)c3c2)c1. The Balaban J connectivity index is 1.34. The van der Waals surface area contributed by atoms with Crippen molar-refractivity contribution in [3.63, 3.8) is 0 Å². The number of nitrogens with one attached hydrogen (secondary N) is 2. The lowest BCUT2D eigenvalue weighted by molar-refractivity contribution is -0.117. The number of piperidine rings is 1. The molecule has 4 N–H and O–H groups in total. The molecule has 8 nitrogen and oxygen atoms in total. The van der Waals surface area contributed by atoms with Gasteiger partial charge < -0.3 is 20.9 Å². The van der Waals surface area contributed by atoms with Gasteiger partial charge in [-0.1, -0.05) is 18.2 Å². The Morgan fingerprint density at radius 3 is 2.56 bits per heavy atom. The van der Waals surface area contributed by atoms with Gasteiger partial charge in [0.2, 0.25) is 15.9 Å². The largest absolute Gasteiger partial charge is 0.369 e. The quantitative estimate of drug-likeness (QED) is 0.337. The number of rotatable bonds is 11. The summed E-state index contributed by atoms with van der Waals surface area (Å²) in [6.45, 7) is 4.94. The highest BCUT2D eigenvalue weighted by Crippen LogP contribution is 2.37. The van der Waals surface area contributed by atoms with Gasteiger partial charge in [0.15, 0.2) is 0 Å². The summed E-state index contributed by atoms with van der Waals surface area (Å²) in [5.74, 6) is 0.118. The van der Waals surface area contributed by atoms with Crippen molar-refractivity contribution in [2.45, 2.75) is 51.0 Å². The first-order chi connectivity index (χ1) is 18.8. The second-order valence-corrected chi connectivity index (χ2v) is 13.2. The summed E-state index contributed by atoms with van der Waals surface area (Å²) in [4.78, 5) is 17.7. The zero-order valence-corrected chi connectivity index (χ0v) is 23.7. The number of benzene rings is 2. The molecule has 5 rings (SSSR count). The Morgan fingerprint density at radius 2 is 1.85 bits per heavy atom. The average Bonchev–Trinajstić information content (AvgIpc) is 3.59. The van der Waals surface area contributed by atoms with Crippen LogP contribution in [0.5, 0.6) is 0 Å². The van der Waals surface area contributed by atoms with E-state index < -0.39 is 10.0 Å². The van der Waals surface area contributed by atoms with E-state index in [2.05, 4.69) is 51.6 Å². The molecular weight excluding hydrogens is 510 g/mol. The van der Waals surface area contributed by atoms with E-state index in [1.807, 2.05) is 13.2 Å². The van der Waals surface area contributed by atoms with E-state index in [9.17, 15) is 13.2 Å². The molecule has 2 saturated heterocycles. The molecule has 3 heterocycles. The molecule has 9 heteroatoms. The van der Waals surface area contributed by atoms with Crippen LogP contribution in [0, 0.1) is 0 Å². The van der Waals surface area contributed by atoms with Gasteiger partial charge in [-0.05, 0) is 111 Å². The zero-order valence-electron chi connectivity index (χ0n) is 22.9. The molecule has 0 saturated carbocycles. The van der Waals surface area contributed by atoms with Gasteiger partial charge >= 0.3 is 0 Å². The standard InChI is InChI=1S/C30H41N5O3S/c1-32-20-22-6-4-7-24(16-22)25-17-26(19-29(31)36)30-27(18-25)28(21-33-30)23-8-13-35(14-9-23)39(37,38)15-5-12-34-10-2-3-11-34/h4,6-7,16-18,21,23,32-33H,2-3,5,8-15,19-20H2,1H3,(H2,31,36). The fourth-order valence-corrected chi connectivity index (χ4v) is 7.79. The Labute approximate surface area is 232 Å². The minimum absolute atomic E-state index is 0.161. The molecule has 2 aromatic carbocycles. The van der Waals surface area contributed by atoms with Crippen molar-refractivity contribution in [3.8, 4) is 11.1 Å². The van der Waals surface area contributed by atoms with Crippen LogP contribution in [0.3, 0.4) is 0 Å². The second-order valence-electron chi connectivity index (χ2n) is 11.1. The second kappa shape index (κ2) is 12.2. The Morgan fingerprint density at radius 1 is 1.08 bits per heavy atom. The molecule has 2 aliphatic rings. The minimum Gasteiger partial charge on any atom is -0.369 e. The molecule has 0 unspecified atom stereocenters. The molecular formula is C30H41N5O3S. The topological polar surface area (TPSA) is 112 Å². The number of nitrogens with zero attached hydrogens (tertiary/aromatic N) is 2. The number of nitrogens with two attached hydrogens (primary N) is 1. The maximum absolute atomic E-state index is 13.0. The molecule has 3 aromatic rings. The van der Waals surface area contributed by atoms with Crippen LogP contribution >= 0.6 is 0 Å². The lowest BCUT2D eigenvalue weighted by atomic mass is 9.88. The first-order valence-electron chi connectivity index (χ1n) is 14.2. The van der Waals surface area contributed by atoms with E-state index >= 15 is 0 Å². The van der Waals surface area contributed by atoms with Crippen LogP contribution in [-0.4, -0.2) is 74.0 Å². The number of aromatic nitrogens is 1. The number of carbonyl (C=O) groups is 1. The number of amides is 1. The van der Waals surface area contributed by atoms with Crippen LogP contribution in [0.4, 0.5) is 0 Å². The Hall–Kier alpha value is -2.72. The highest BCUT2D eigenvalue weighted by Gasteiger charge is 2.30. The summed E-state index contributed by atoms with van der Waals surface area (Å²) in [6.07, 6.45) is 6.92. The predicted molar refractivity (Wildman–Crippen MR) is 157 cm³/mol. The van der Waals surface area contributed by atoms with Crippen LogP contribution in [0.1, 0.15) is 54.7 Å². The third-order valence-corrected chi connectivity index (χ3v) is 10.2. The molecule has 0 atom stereocenters. The summed E-state index contributed by atoms with van der Waals surface area (Å²) >= 11 is 0. The molecule has 210 valence electrons. The van der Waals surface area contributed by atoms with Crippen molar-refractivity contribution in [2.24, 2.45) is 5.73 Å². The normalized spacial score (nSPS) is 17.8. The van der Waals surface area contributed by atoms with Gasteiger partial charge in [0.05, 0.1) is 12.2 Å². The van der Waals surface area contributed by atoms with E-state index in [0.29, 0.717) is 19.5 Å². The van der Waals surface area contributed by atoms with E-state index in [1.165, 1.54) is 24.0 Å². The van der Waals surface area contributed by atoms with Gasteiger partial charge in [0.1, 0.15) is 0 Å². The number of primary amides is 1. The minimum atomic E-state index is -3.24. The molecule has 39 heavy (non-hydrogen) atoms. The lowest BCUT2D eigenvalue weighted by Gasteiger charge is -2.31. The average molecular weight is 552 g/mol. The highest BCUT2D eigenvalue weighted by atomic mass is 32.2. The molecule has 1 aromatic heterocycles. The van der Waals surface area contributed by atoms with Gasteiger partial charge in [0, 0.05) is 36.7 Å². The number of carbonyl (C=O) groups excluding carboxylic acids is 1. The van der Waals surface area contributed by atoms with E-state index in [4.69, 9.17) is 5.73 Å². The van der Waals surface area contributed by atoms with Crippen LogP contribution in [0.2, 0.25) is 0 Å². The predicted octanol–water partition coefficient (Wildman–Crippen LogP) is 3.58. The number of hydrogen-bond acceptors (Lipinski definition) is 5. The van der Waals surface area contributed by atoms with E-state index in [-0.39, 0.29) is 24.0 Å². The zero-order chi connectivity index (χ0) is 27.4. The van der Waals surface area contributed by atoms with Crippen LogP contribution in [0.25, 0.3) is 22.0 Å². The third-order valence-electron chi connectivity index (χ3n) is 8.27. The maximum atomic E-state index is 13.0. The van der Waals surface area contributed by atoms with E-state index in [1.54, 1.807) is 4.31 Å². The van der Waals surface area contributed by atoms with Gasteiger partial charge in [0.25, 0.3) is 0 Å². The smallest absolute Gasteiger partial charge is 0.221 e. The highest BCUT2D eigenvalue weighted by molar-refractivity contribution is 7.89. The Kier molecular flexibility index (Phi) is 8.71. The summed E-state index contributed by atoms with van der Waals surface area (Å²) in [5, 5.41) is 4.29. The van der Waals surface area contributed by atoms with Gasteiger partial charge in [-0.3, -0.25) is 4.79 Å². The van der Waals surface area contributed by atoms with Crippen molar-refractivity contribution in [2.75, 3.05) is 45.5 Å². The Bertz CT molecular complexity index is 1400. The van der Waals surface area contributed by atoms with Crippen molar-refractivity contribution in [1.29, 1.82) is 0 Å². The van der Waals surface area contributed by atoms with Crippen molar-refractivity contribution < 1.29 is 13.2 Å². The third kappa shape index (κ3) is 6.54. The number of sulfonamides is 1. The molecule has 0 bridgehead atoms. The summed E-state index contributed by atoms with van der Waals surface area (Å²) in [7, 11) is -1.31. The molecule has 2 fully saturated rings. The van der Waals surface area contributed by atoms with Crippen molar-refractivity contribution in [3.05, 3.63) is 59.3 Å². The summed E-state index contributed by atoms with van der Waals surface area (Å²) < 4.78 is 27.8. The van der Waals surface area contributed by atoms with Gasteiger partial charge in [-0.15, -0.1) is 0 Å². The number of likely N-dealkylation sites (tertiary alicyclic amines) is 1. The maximum Gasteiger partial charge on any atom is 0.221 e. The van der Waals surface area contributed by atoms with Crippen molar-refractivity contribution in [1.82, 2.24) is 19.5 Å². The van der Waals surface area contributed by atoms with E-state index in [0.717, 1.165) is 66.6 Å². The van der Waals surface area contributed by atoms with Gasteiger partial charge in [-0.25, -0.2) is 12.7 Å². The monoisotopic (exact) mass is 551 g/mol. The number of hydrogen-bond donors (Lipinski definition) is 3. The fraction of sp³-hybridized carbons (Fsp3) is 0.500. The van der Waals surface area contributed by atoms with Crippen molar-refractivity contribution >= 4 is 26.8 Å². The van der Waals surface area contributed by atoms with Crippen LogP contribution < -0.4 is 11.1 Å². The lowest BCUT2D eigenvalue weighted by Crippen LogP contribution is -2.39. The summed E-state index contributed by atoms with van der Waals surface area (Å²) in [6, 6.07) is 12.7. The van der Waals surface area contributed by atoms with Crippen LogP contribution in [-0.2, 0) is 27.8 Å². The molecule has 1 amide bonds. The van der Waals surface area contributed by atoms with Gasteiger partial charge in [-0.2, -0.15) is 0 Å². The molecule has 0 spiro atoms. The number of fused-ring (bicyclic) bond motifs is 1. The first-order valence-corrected chi connectivity index (χ1v) is 15.8. The molecule has 0 radical (unpaired) electrons. The molecule has 2 aliphatic heterocycles. The van der Waals surface area contributed by atoms with Crippen LogP contribution in [0.15, 0.2) is 42.6 Å². The summed E-state index contributed by atoms with van der Waals surface area (Å²) in [5.41, 5.74) is 12.0.